The van der Waals surface area contributed by atoms with E-state index >= 15 is 0 Å². The topological polar surface area (TPSA) is 15.3 Å². The Morgan fingerprint density at radius 3 is 2.47 bits per heavy atom. The fourth-order valence-electron chi connectivity index (χ4n) is 2.57. The Balaban J connectivity index is 1.93. The molecule has 0 aromatic heterocycles. The van der Waals surface area contributed by atoms with Crippen LogP contribution >= 0.6 is 0 Å². The molecule has 92 valence electrons. The zero-order valence-corrected chi connectivity index (χ0v) is 11.1. The Morgan fingerprint density at radius 2 is 1.88 bits per heavy atom. The van der Waals surface area contributed by atoms with Gasteiger partial charge in [0.15, 0.2) is 7.98 Å². The summed E-state index contributed by atoms with van der Waals surface area (Å²) in [5.74, 6) is 0.782. The van der Waals surface area contributed by atoms with Crippen LogP contribution in [0.1, 0.15) is 29.9 Å². The first kappa shape index (κ1) is 12.7. The van der Waals surface area contributed by atoms with Crippen LogP contribution in [0.5, 0.6) is 0 Å². The van der Waals surface area contributed by atoms with Crippen LogP contribution in [0, 0.1) is 0 Å². The molecule has 1 heterocycles. The standard InChI is InChI=1S/C14H23BN2/c1-16-9-6-12-2-4-13(5-3-12)14-7-10-17(15)11-8-14/h2-5,14,16H,6-11,15H2,1H3. The Kier molecular flexibility index (Phi) is 4.63. The van der Waals surface area contributed by atoms with E-state index in [4.69, 9.17) is 0 Å². The molecule has 1 aromatic rings. The fraction of sp³-hybridized carbons (Fsp3) is 0.571. The lowest BCUT2D eigenvalue weighted by atomic mass is 9.88. The molecule has 0 amide bonds. The number of hydrogen-bond acceptors (Lipinski definition) is 2. The summed E-state index contributed by atoms with van der Waals surface area (Å²) in [5.41, 5.74) is 2.97. The highest BCUT2D eigenvalue weighted by atomic mass is 15.0. The molecule has 0 atom stereocenters. The number of nitrogens with one attached hydrogen (secondary N) is 1. The largest absolute Gasteiger partial charge is 0.349 e. The third kappa shape index (κ3) is 3.58. The number of likely N-dealkylation sites (N-methyl/N-ethyl adjacent to an activating group) is 1. The van der Waals surface area contributed by atoms with E-state index in [2.05, 4.69) is 42.4 Å². The van der Waals surface area contributed by atoms with Gasteiger partial charge in [0.25, 0.3) is 0 Å². The van der Waals surface area contributed by atoms with Gasteiger partial charge in [0, 0.05) is 0 Å². The van der Waals surface area contributed by atoms with Crippen LogP contribution in [0.2, 0.25) is 0 Å². The van der Waals surface area contributed by atoms with Crippen molar-refractivity contribution in [3.63, 3.8) is 0 Å². The Labute approximate surface area is 106 Å². The normalized spacial score (nSPS) is 18.4. The highest BCUT2D eigenvalue weighted by Crippen LogP contribution is 2.27. The molecule has 1 saturated heterocycles. The molecule has 17 heavy (non-hydrogen) atoms. The monoisotopic (exact) mass is 230 g/mol. The van der Waals surface area contributed by atoms with Crippen molar-refractivity contribution in [2.45, 2.75) is 25.2 Å². The second-order valence-corrected chi connectivity index (χ2v) is 5.17. The SMILES string of the molecule is BN1CCC(c2ccc(CCNC)cc2)CC1. The summed E-state index contributed by atoms with van der Waals surface area (Å²) < 4.78 is 0. The predicted octanol–water partition coefficient (Wildman–Crippen LogP) is 1.18. The van der Waals surface area contributed by atoms with Crippen molar-refractivity contribution in [3.05, 3.63) is 35.4 Å². The summed E-state index contributed by atoms with van der Waals surface area (Å²) in [5, 5.41) is 3.19. The zero-order valence-electron chi connectivity index (χ0n) is 11.1. The van der Waals surface area contributed by atoms with Gasteiger partial charge in [-0.05, 0) is 63.0 Å². The molecule has 1 N–H and O–H groups in total. The molecule has 1 aliphatic rings. The molecule has 0 radical (unpaired) electrons. The van der Waals surface area contributed by atoms with Crippen LogP contribution < -0.4 is 5.32 Å². The molecule has 2 nitrogen and oxygen atoms in total. The molecule has 0 bridgehead atoms. The molecule has 0 saturated carbocycles. The van der Waals surface area contributed by atoms with Crippen LogP contribution in [0.4, 0.5) is 0 Å². The first-order valence-corrected chi connectivity index (χ1v) is 6.71. The molecule has 0 aliphatic carbocycles. The number of rotatable bonds is 4. The van der Waals surface area contributed by atoms with Gasteiger partial charge < -0.3 is 10.1 Å². The van der Waals surface area contributed by atoms with Gasteiger partial charge in [-0.1, -0.05) is 24.3 Å². The second-order valence-electron chi connectivity index (χ2n) is 5.17. The van der Waals surface area contributed by atoms with Crippen molar-refractivity contribution in [2.24, 2.45) is 0 Å². The third-order valence-electron chi connectivity index (χ3n) is 3.83. The van der Waals surface area contributed by atoms with Crippen molar-refractivity contribution in [3.8, 4) is 0 Å². The smallest absolute Gasteiger partial charge is 0.185 e. The lowest BCUT2D eigenvalue weighted by molar-refractivity contribution is 0.334. The van der Waals surface area contributed by atoms with E-state index in [1.54, 1.807) is 0 Å². The number of benzene rings is 1. The van der Waals surface area contributed by atoms with Crippen molar-refractivity contribution < 1.29 is 0 Å². The van der Waals surface area contributed by atoms with Crippen LogP contribution in [0.25, 0.3) is 0 Å². The number of hydrogen-bond donors (Lipinski definition) is 1. The molecule has 2 rings (SSSR count). The van der Waals surface area contributed by atoms with Gasteiger partial charge in [-0.2, -0.15) is 0 Å². The summed E-state index contributed by atoms with van der Waals surface area (Å²) in [4.78, 5) is 2.43. The van der Waals surface area contributed by atoms with Crippen LogP contribution in [0.15, 0.2) is 24.3 Å². The number of nitrogens with zero attached hydrogens (tertiary/aromatic N) is 1. The van der Waals surface area contributed by atoms with Crippen molar-refractivity contribution in [2.75, 3.05) is 26.7 Å². The molecule has 1 aromatic carbocycles. The molecule has 1 aliphatic heterocycles. The summed E-state index contributed by atoms with van der Waals surface area (Å²) in [7, 11) is 4.23. The summed E-state index contributed by atoms with van der Waals surface area (Å²) in [6.45, 7) is 3.55. The summed E-state index contributed by atoms with van der Waals surface area (Å²) in [6, 6.07) is 9.26. The van der Waals surface area contributed by atoms with Crippen molar-refractivity contribution in [1.29, 1.82) is 0 Å². The minimum absolute atomic E-state index is 0.782. The first-order chi connectivity index (χ1) is 8.29. The minimum atomic E-state index is 0.782. The second kappa shape index (κ2) is 6.22. The molecule has 0 unspecified atom stereocenters. The zero-order chi connectivity index (χ0) is 12.1. The van der Waals surface area contributed by atoms with E-state index in [1.807, 2.05) is 7.05 Å². The molecule has 3 heteroatoms. The average Bonchev–Trinajstić information content (AvgIpc) is 2.38. The summed E-state index contributed by atoms with van der Waals surface area (Å²) in [6.07, 6.45) is 3.75. The lowest BCUT2D eigenvalue weighted by Gasteiger charge is -2.29. The van der Waals surface area contributed by atoms with Gasteiger partial charge in [-0.3, -0.25) is 0 Å². The highest BCUT2D eigenvalue weighted by Gasteiger charge is 2.17. The Bertz CT molecular complexity index is 329. The molecular formula is C14H23BN2. The molecular weight excluding hydrogens is 207 g/mol. The van der Waals surface area contributed by atoms with Crippen LogP contribution in [-0.2, 0) is 6.42 Å². The quantitative estimate of drug-likeness (QED) is 0.781. The van der Waals surface area contributed by atoms with E-state index in [1.165, 1.54) is 37.1 Å². The number of piperidine rings is 1. The van der Waals surface area contributed by atoms with E-state index in [0.717, 1.165) is 18.9 Å². The van der Waals surface area contributed by atoms with E-state index in [9.17, 15) is 0 Å². The van der Waals surface area contributed by atoms with Gasteiger partial charge in [-0.15, -0.1) is 0 Å². The van der Waals surface area contributed by atoms with Crippen LogP contribution in [0.3, 0.4) is 0 Å². The van der Waals surface area contributed by atoms with Gasteiger partial charge in [0.1, 0.15) is 0 Å². The Hall–Kier alpha value is -0.795. The Morgan fingerprint density at radius 1 is 1.24 bits per heavy atom. The van der Waals surface area contributed by atoms with E-state index in [-0.39, 0.29) is 0 Å². The van der Waals surface area contributed by atoms with Gasteiger partial charge in [0.2, 0.25) is 0 Å². The average molecular weight is 230 g/mol. The molecule has 1 fully saturated rings. The van der Waals surface area contributed by atoms with Gasteiger partial charge in [0.05, 0.1) is 0 Å². The first-order valence-electron chi connectivity index (χ1n) is 6.71. The van der Waals surface area contributed by atoms with Gasteiger partial charge >= 0.3 is 0 Å². The van der Waals surface area contributed by atoms with Crippen molar-refractivity contribution in [1.82, 2.24) is 10.1 Å². The molecule has 0 spiro atoms. The predicted molar refractivity (Wildman–Crippen MR) is 76.2 cm³/mol. The fourth-order valence-corrected chi connectivity index (χ4v) is 2.57. The maximum absolute atomic E-state index is 3.19. The minimum Gasteiger partial charge on any atom is -0.349 e. The third-order valence-corrected chi connectivity index (χ3v) is 3.83. The summed E-state index contributed by atoms with van der Waals surface area (Å²) >= 11 is 0. The van der Waals surface area contributed by atoms with Crippen molar-refractivity contribution >= 4 is 7.98 Å². The lowest BCUT2D eigenvalue weighted by Crippen LogP contribution is -2.30. The maximum atomic E-state index is 3.19. The maximum Gasteiger partial charge on any atom is 0.185 e. The van der Waals surface area contributed by atoms with E-state index in [0.29, 0.717) is 0 Å². The van der Waals surface area contributed by atoms with Gasteiger partial charge in [-0.25, -0.2) is 0 Å². The van der Waals surface area contributed by atoms with E-state index < -0.39 is 0 Å². The highest BCUT2D eigenvalue weighted by molar-refractivity contribution is 6.04. The van der Waals surface area contributed by atoms with Crippen LogP contribution in [-0.4, -0.2) is 39.5 Å².